The van der Waals surface area contributed by atoms with E-state index in [1.807, 2.05) is 6.92 Å². The summed E-state index contributed by atoms with van der Waals surface area (Å²) in [7, 11) is 0. The zero-order valence-electron chi connectivity index (χ0n) is 9.23. The Kier molecular flexibility index (Phi) is 5.28. The topological polar surface area (TPSA) is 12.0 Å². The molecule has 15 heavy (non-hydrogen) atoms. The van der Waals surface area contributed by atoms with Gasteiger partial charge in [-0.1, -0.05) is 22.9 Å². The summed E-state index contributed by atoms with van der Waals surface area (Å²) in [6.45, 7) is 4.95. The Morgan fingerprint density at radius 2 is 2.20 bits per heavy atom. The van der Waals surface area contributed by atoms with Crippen LogP contribution in [0.3, 0.4) is 0 Å². The van der Waals surface area contributed by atoms with E-state index in [0.29, 0.717) is 0 Å². The van der Waals surface area contributed by atoms with Crippen LogP contribution in [0.2, 0.25) is 0 Å². The lowest BCUT2D eigenvalue weighted by Crippen LogP contribution is -2.03. The van der Waals surface area contributed by atoms with Crippen molar-refractivity contribution < 1.29 is 0 Å². The average Bonchev–Trinajstić information content (AvgIpc) is 2.26. The van der Waals surface area contributed by atoms with E-state index in [4.69, 9.17) is 0 Å². The van der Waals surface area contributed by atoms with E-state index in [2.05, 4.69) is 58.2 Å². The molecule has 1 aromatic carbocycles. The van der Waals surface area contributed by atoms with Crippen LogP contribution in [0, 0.1) is 11.8 Å². The van der Waals surface area contributed by atoms with Gasteiger partial charge in [0.2, 0.25) is 0 Å². The van der Waals surface area contributed by atoms with E-state index >= 15 is 0 Å². The fourth-order valence-electron chi connectivity index (χ4n) is 1.41. The minimum absolute atomic E-state index is 0.899. The Morgan fingerprint density at radius 1 is 1.40 bits per heavy atom. The van der Waals surface area contributed by atoms with Crippen LogP contribution in [0.15, 0.2) is 22.7 Å². The summed E-state index contributed by atoms with van der Waals surface area (Å²) in [5, 5.41) is 3.40. The highest BCUT2D eigenvalue weighted by Crippen LogP contribution is 2.21. The first-order chi connectivity index (χ1) is 7.27. The highest BCUT2D eigenvalue weighted by molar-refractivity contribution is 9.10. The molecular weight excluding hydrogens is 250 g/mol. The van der Waals surface area contributed by atoms with Gasteiger partial charge in [-0.05, 0) is 37.1 Å². The Morgan fingerprint density at radius 3 is 2.87 bits per heavy atom. The molecule has 0 aromatic heterocycles. The van der Waals surface area contributed by atoms with Gasteiger partial charge in [-0.2, -0.15) is 0 Å². The van der Waals surface area contributed by atoms with Crippen molar-refractivity contribution >= 4 is 21.6 Å². The van der Waals surface area contributed by atoms with Crippen molar-refractivity contribution in [1.82, 2.24) is 0 Å². The van der Waals surface area contributed by atoms with Crippen LogP contribution >= 0.6 is 15.9 Å². The van der Waals surface area contributed by atoms with Gasteiger partial charge in [0.15, 0.2) is 0 Å². The van der Waals surface area contributed by atoms with Crippen LogP contribution in [0.25, 0.3) is 0 Å². The highest BCUT2D eigenvalue weighted by atomic mass is 79.9. The Bertz CT molecular complexity index is 374. The molecule has 0 saturated heterocycles. The number of nitrogens with one attached hydrogen (secondary N) is 1. The fraction of sp³-hybridized carbons (Fsp3) is 0.385. The molecule has 0 saturated carbocycles. The van der Waals surface area contributed by atoms with Crippen molar-refractivity contribution in [2.45, 2.75) is 26.7 Å². The lowest BCUT2D eigenvalue weighted by molar-refractivity contribution is 1.07. The second kappa shape index (κ2) is 6.53. The largest absolute Gasteiger partial charge is 0.384 e. The second-order valence-electron chi connectivity index (χ2n) is 3.26. The summed E-state index contributed by atoms with van der Waals surface area (Å²) < 4.78 is 1.14. The maximum absolute atomic E-state index is 3.48. The van der Waals surface area contributed by atoms with Gasteiger partial charge in [0.1, 0.15) is 0 Å². The first-order valence-corrected chi connectivity index (χ1v) is 5.99. The van der Waals surface area contributed by atoms with Crippen molar-refractivity contribution in [2.75, 3.05) is 11.9 Å². The predicted octanol–water partition coefficient (Wildman–Crippen LogP) is 3.84. The maximum Gasteiger partial charge on any atom is 0.0373 e. The van der Waals surface area contributed by atoms with E-state index in [1.165, 1.54) is 11.3 Å². The Balaban J connectivity index is 2.62. The minimum atomic E-state index is 0.899. The molecule has 0 spiro atoms. The SMILES string of the molecule is CC#CCCNc1ccc(Br)cc1CC. The molecule has 1 rings (SSSR count). The van der Waals surface area contributed by atoms with E-state index in [-0.39, 0.29) is 0 Å². The monoisotopic (exact) mass is 265 g/mol. The van der Waals surface area contributed by atoms with Crippen molar-refractivity contribution in [2.24, 2.45) is 0 Å². The maximum atomic E-state index is 3.48. The van der Waals surface area contributed by atoms with Crippen molar-refractivity contribution in [1.29, 1.82) is 0 Å². The van der Waals surface area contributed by atoms with Gasteiger partial charge in [-0.3, -0.25) is 0 Å². The van der Waals surface area contributed by atoms with Gasteiger partial charge in [0.05, 0.1) is 0 Å². The van der Waals surface area contributed by atoms with E-state index < -0.39 is 0 Å². The first-order valence-electron chi connectivity index (χ1n) is 5.19. The third-order valence-corrected chi connectivity index (χ3v) is 2.68. The van der Waals surface area contributed by atoms with Crippen LogP contribution in [0.4, 0.5) is 5.69 Å². The minimum Gasteiger partial charge on any atom is -0.384 e. The van der Waals surface area contributed by atoms with Gasteiger partial charge in [0, 0.05) is 23.1 Å². The third-order valence-electron chi connectivity index (χ3n) is 2.19. The zero-order valence-corrected chi connectivity index (χ0v) is 10.8. The standard InChI is InChI=1S/C13H16BrN/c1-3-5-6-9-15-13-8-7-12(14)10-11(13)4-2/h7-8,10,15H,4,6,9H2,1-2H3. The van der Waals surface area contributed by atoms with Crippen LogP contribution < -0.4 is 5.32 Å². The average molecular weight is 266 g/mol. The second-order valence-corrected chi connectivity index (χ2v) is 4.17. The lowest BCUT2D eigenvalue weighted by atomic mass is 10.1. The van der Waals surface area contributed by atoms with Gasteiger partial charge in [0.25, 0.3) is 0 Å². The van der Waals surface area contributed by atoms with Gasteiger partial charge < -0.3 is 5.32 Å². The van der Waals surface area contributed by atoms with Crippen LogP contribution in [0.5, 0.6) is 0 Å². The van der Waals surface area contributed by atoms with Crippen LogP contribution in [0.1, 0.15) is 25.8 Å². The van der Waals surface area contributed by atoms with Crippen LogP contribution in [-0.2, 0) is 6.42 Å². The van der Waals surface area contributed by atoms with Crippen molar-refractivity contribution in [3.8, 4) is 11.8 Å². The summed E-state index contributed by atoms with van der Waals surface area (Å²) in [4.78, 5) is 0. The molecule has 2 heteroatoms. The molecule has 0 heterocycles. The summed E-state index contributed by atoms with van der Waals surface area (Å²) in [6.07, 6.45) is 1.94. The molecule has 80 valence electrons. The predicted molar refractivity (Wildman–Crippen MR) is 70.1 cm³/mol. The molecule has 0 aliphatic carbocycles. The molecule has 0 bridgehead atoms. The molecule has 1 nitrogen and oxygen atoms in total. The highest BCUT2D eigenvalue weighted by Gasteiger charge is 1.99. The fourth-order valence-corrected chi connectivity index (χ4v) is 1.82. The molecule has 0 radical (unpaired) electrons. The molecular formula is C13H16BrN. The number of benzene rings is 1. The number of hydrogen-bond donors (Lipinski definition) is 1. The number of anilines is 1. The number of hydrogen-bond acceptors (Lipinski definition) is 1. The van der Waals surface area contributed by atoms with Crippen molar-refractivity contribution in [3.05, 3.63) is 28.2 Å². The van der Waals surface area contributed by atoms with Gasteiger partial charge in [-0.25, -0.2) is 0 Å². The number of aryl methyl sites for hydroxylation is 1. The molecule has 0 amide bonds. The number of rotatable bonds is 4. The van der Waals surface area contributed by atoms with Gasteiger partial charge >= 0.3 is 0 Å². The lowest BCUT2D eigenvalue weighted by Gasteiger charge is -2.10. The Hall–Kier alpha value is -0.940. The van der Waals surface area contributed by atoms with Crippen LogP contribution in [-0.4, -0.2) is 6.54 Å². The van der Waals surface area contributed by atoms with E-state index in [0.717, 1.165) is 23.9 Å². The van der Waals surface area contributed by atoms with Gasteiger partial charge in [-0.15, -0.1) is 11.8 Å². The van der Waals surface area contributed by atoms with Crippen molar-refractivity contribution in [3.63, 3.8) is 0 Å². The Labute approximate surface area is 100 Å². The molecule has 0 unspecified atom stereocenters. The number of halogens is 1. The first kappa shape index (κ1) is 12.1. The summed E-state index contributed by atoms with van der Waals surface area (Å²) in [5.41, 5.74) is 2.56. The molecule has 1 N–H and O–H groups in total. The summed E-state index contributed by atoms with van der Waals surface area (Å²) in [6, 6.07) is 6.34. The molecule has 0 atom stereocenters. The molecule has 1 aromatic rings. The summed E-state index contributed by atoms with van der Waals surface area (Å²) >= 11 is 3.48. The quantitative estimate of drug-likeness (QED) is 0.645. The summed E-state index contributed by atoms with van der Waals surface area (Å²) in [5.74, 6) is 5.94. The molecule has 0 aliphatic heterocycles. The zero-order chi connectivity index (χ0) is 11.1. The smallest absolute Gasteiger partial charge is 0.0373 e. The molecule has 0 aliphatic rings. The third kappa shape index (κ3) is 3.97. The van der Waals surface area contributed by atoms with E-state index in [9.17, 15) is 0 Å². The molecule has 0 fully saturated rings. The normalized spacial score (nSPS) is 9.27. The van der Waals surface area contributed by atoms with E-state index in [1.54, 1.807) is 0 Å².